The fourth-order valence-corrected chi connectivity index (χ4v) is 0.917. The molecule has 1 heterocycles. The van der Waals surface area contributed by atoms with E-state index >= 15 is 0 Å². The molecule has 1 radical (unpaired) electrons. The van der Waals surface area contributed by atoms with Crippen LogP contribution in [0.3, 0.4) is 0 Å². The summed E-state index contributed by atoms with van der Waals surface area (Å²) in [6.07, 6.45) is 2.75. The highest BCUT2D eigenvalue weighted by atomic mass is 16.3. The summed E-state index contributed by atoms with van der Waals surface area (Å²) in [5.74, 6) is -0.0687. The number of aromatic nitrogens is 3. The van der Waals surface area contributed by atoms with Crippen LogP contribution in [-0.4, -0.2) is 26.9 Å². The summed E-state index contributed by atoms with van der Waals surface area (Å²) >= 11 is 0. The molecule has 0 bridgehead atoms. The van der Waals surface area contributed by atoms with Gasteiger partial charge in [0.25, 0.3) is 5.56 Å². The van der Waals surface area contributed by atoms with Gasteiger partial charge in [0.05, 0.1) is 0 Å². The molecule has 5 nitrogen and oxygen atoms in total. The second kappa shape index (κ2) is 3.96. The maximum atomic E-state index is 11.0. The molecular formula is C7H10N3O2. The predicted molar refractivity (Wildman–Crippen MR) is 41.6 cm³/mol. The van der Waals surface area contributed by atoms with Crippen LogP contribution in [0.25, 0.3) is 0 Å². The van der Waals surface area contributed by atoms with Crippen LogP contribution in [0.5, 0.6) is 0 Å². The topological polar surface area (TPSA) is 78.9 Å². The summed E-state index contributed by atoms with van der Waals surface area (Å²) < 4.78 is 0. The molecule has 0 amide bonds. The minimum absolute atomic E-state index is 0.0426. The summed E-state index contributed by atoms with van der Waals surface area (Å²) in [7, 11) is 0. The molecule has 0 aromatic carbocycles. The van der Waals surface area contributed by atoms with E-state index in [0.29, 0.717) is 12.1 Å². The van der Waals surface area contributed by atoms with Crippen molar-refractivity contribution in [3.8, 4) is 0 Å². The first-order valence-corrected chi connectivity index (χ1v) is 3.69. The monoisotopic (exact) mass is 168 g/mol. The molecule has 0 saturated carbocycles. The highest BCUT2D eigenvalue weighted by Crippen LogP contribution is 2.10. The van der Waals surface area contributed by atoms with Gasteiger partial charge in [-0.05, 0) is 6.42 Å². The SMILES string of the molecule is CC(CCO)c1n[nH][c]nc1=O. The molecule has 1 rings (SSSR count). The number of hydrogen-bond acceptors (Lipinski definition) is 4. The third-order valence-electron chi connectivity index (χ3n) is 1.63. The molecule has 0 spiro atoms. The highest BCUT2D eigenvalue weighted by Gasteiger charge is 2.10. The largest absolute Gasteiger partial charge is 0.396 e. The van der Waals surface area contributed by atoms with Crippen LogP contribution in [0.2, 0.25) is 0 Å². The minimum atomic E-state index is -0.380. The molecule has 1 unspecified atom stereocenters. The van der Waals surface area contributed by atoms with Crippen LogP contribution in [0.4, 0.5) is 0 Å². The summed E-state index contributed by atoms with van der Waals surface area (Å²) in [6.45, 7) is 1.86. The number of aromatic amines is 1. The molecular weight excluding hydrogens is 158 g/mol. The molecule has 1 aromatic rings. The smallest absolute Gasteiger partial charge is 0.295 e. The van der Waals surface area contributed by atoms with E-state index in [1.165, 1.54) is 0 Å². The summed E-state index contributed by atoms with van der Waals surface area (Å²) in [5.41, 5.74) is -0.0301. The normalized spacial score (nSPS) is 12.8. The number of H-pyrrole nitrogens is 1. The number of nitrogens with one attached hydrogen (secondary N) is 1. The van der Waals surface area contributed by atoms with Crippen molar-refractivity contribution in [1.82, 2.24) is 15.2 Å². The van der Waals surface area contributed by atoms with Gasteiger partial charge in [0.1, 0.15) is 5.69 Å². The number of aliphatic hydroxyl groups is 1. The lowest BCUT2D eigenvalue weighted by Crippen LogP contribution is -2.18. The molecule has 0 fully saturated rings. The third-order valence-corrected chi connectivity index (χ3v) is 1.63. The number of aliphatic hydroxyl groups excluding tert-OH is 1. The van der Waals surface area contributed by atoms with E-state index in [9.17, 15) is 4.79 Å². The Morgan fingerprint density at radius 3 is 3.08 bits per heavy atom. The van der Waals surface area contributed by atoms with Gasteiger partial charge in [0, 0.05) is 12.5 Å². The van der Waals surface area contributed by atoms with Crippen molar-refractivity contribution in [2.24, 2.45) is 0 Å². The van der Waals surface area contributed by atoms with E-state index in [-0.39, 0.29) is 18.1 Å². The Morgan fingerprint density at radius 1 is 1.75 bits per heavy atom. The number of hydrogen-bond donors (Lipinski definition) is 2. The summed E-state index contributed by atoms with van der Waals surface area (Å²) in [5, 5.41) is 14.7. The van der Waals surface area contributed by atoms with Crippen LogP contribution in [0.15, 0.2) is 4.79 Å². The van der Waals surface area contributed by atoms with E-state index in [0.717, 1.165) is 0 Å². The molecule has 65 valence electrons. The Bertz CT molecular complexity index is 297. The van der Waals surface area contributed by atoms with Gasteiger partial charge in [0.2, 0.25) is 0 Å². The maximum absolute atomic E-state index is 11.0. The first kappa shape index (κ1) is 8.86. The van der Waals surface area contributed by atoms with Crippen molar-refractivity contribution in [1.29, 1.82) is 0 Å². The van der Waals surface area contributed by atoms with Crippen molar-refractivity contribution >= 4 is 0 Å². The van der Waals surface area contributed by atoms with Crippen LogP contribution < -0.4 is 5.56 Å². The van der Waals surface area contributed by atoms with E-state index < -0.39 is 0 Å². The zero-order valence-corrected chi connectivity index (χ0v) is 6.74. The standard InChI is InChI=1S/C7H10N3O2/c1-5(2-3-11)6-7(12)8-4-9-10-6/h5,11H,2-3H2,1H3,(H,8,9,12). The molecule has 0 saturated heterocycles. The second-order valence-electron chi connectivity index (χ2n) is 2.55. The predicted octanol–water partition coefficient (Wildman–Crippen LogP) is -0.549. The number of rotatable bonds is 3. The van der Waals surface area contributed by atoms with Gasteiger partial charge < -0.3 is 5.11 Å². The lowest BCUT2D eigenvalue weighted by Gasteiger charge is -2.04. The first-order valence-electron chi connectivity index (χ1n) is 3.69. The van der Waals surface area contributed by atoms with Gasteiger partial charge in [-0.1, -0.05) is 6.92 Å². The quantitative estimate of drug-likeness (QED) is 0.634. The molecule has 1 atom stereocenters. The van der Waals surface area contributed by atoms with Crippen molar-refractivity contribution < 1.29 is 5.11 Å². The van der Waals surface area contributed by atoms with Crippen LogP contribution in [-0.2, 0) is 0 Å². The van der Waals surface area contributed by atoms with Crippen molar-refractivity contribution in [2.75, 3.05) is 6.61 Å². The Morgan fingerprint density at radius 2 is 2.50 bits per heavy atom. The van der Waals surface area contributed by atoms with E-state index in [2.05, 4.69) is 21.5 Å². The minimum Gasteiger partial charge on any atom is -0.396 e. The summed E-state index contributed by atoms with van der Waals surface area (Å²) in [4.78, 5) is 14.4. The fourth-order valence-electron chi connectivity index (χ4n) is 0.917. The molecule has 0 aliphatic carbocycles. The lowest BCUT2D eigenvalue weighted by molar-refractivity contribution is 0.277. The van der Waals surface area contributed by atoms with Crippen LogP contribution in [0, 0.1) is 6.33 Å². The molecule has 12 heavy (non-hydrogen) atoms. The van der Waals surface area contributed by atoms with E-state index in [1.54, 1.807) is 0 Å². The van der Waals surface area contributed by atoms with Crippen molar-refractivity contribution in [3.63, 3.8) is 0 Å². The van der Waals surface area contributed by atoms with E-state index in [1.807, 2.05) is 6.92 Å². The van der Waals surface area contributed by atoms with Crippen LogP contribution in [0.1, 0.15) is 25.0 Å². The Balaban J connectivity index is 2.87. The van der Waals surface area contributed by atoms with Gasteiger partial charge in [-0.25, -0.2) is 0 Å². The molecule has 1 aromatic heterocycles. The van der Waals surface area contributed by atoms with Gasteiger partial charge in [-0.3, -0.25) is 9.89 Å². The van der Waals surface area contributed by atoms with Crippen molar-refractivity contribution in [2.45, 2.75) is 19.3 Å². The average molecular weight is 168 g/mol. The number of nitrogens with zero attached hydrogens (tertiary/aromatic N) is 2. The molecule has 0 aliphatic heterocycles. The Labute approximate surface area is 69.5 Å². The maximum Gasteiger partial charge on any atom is 0.295 e. The zero-order valence-electron chi connectivity index (χ0n) is 6.74. The summed E-state index contributed by atoms with van der Waals surface area (Å²) in [6, 6.07) is 0. The highest BCUT2D eigenvalue weighted by molar-refractivity contribution is 4.99. The van der Waals surface area contributed by atoms with Gasteiger partial charge >= 0.3 is 0 Å². The molecule has 0 aliphatic rings. The Kier molecular flexibility index (Phi) is 2.93. The lowest BCUT2D eigenvalue weighted by atomic mass is 10.1. The van der Waals surface area contributed by atoms with Gasteiger partial charge in [-0.2, -0.15) is 10.1 Å². The van der Waals surface area contributed by atoms with E-state index in [4.69, 9.17) is 5.11 Å². The van der Waals surface area contributed by atoms with Crippen LogP contribution >= 0.6 is 0 Å². The fraction of sp³-hybridized carbons (Fsp3) is 0.571. The first-order chi connectivity index (χ1) is 5.75. The third kappa shape index (κ3) is 1.88. The Hall–Kier alpha value is -1.23. The zero-order chi connectivity index (χ0) is 8.97. The molecule has 5 heteroatoms. The second-order valence-corrected chi connectivity index (χ2v) is 2.55. The van der Waals surface area contributed by atoms with Gasteiger partial charge in [-0.15, -0.1) is 0 Å². The van der Waals surface area contributed by atoms with Gasteiger partial charge in [0.15, 0.2) is 6.33 Å². The average Bonchev–Trinajstić information content (AvgIpc) is 2.05. The van der Waals surface area contributed by atoms with Crippen molar-refractivity contribution in [3.05, 3.63) is 22.4 Å². The molecule has 2 N–H and O–H groups in total.